The van der Waals surface area contributed by atoms with Crippen LogP contribution in [0.25, 0.3) is 17.0 Å². The number of barbiturate groups is 1. The maximum absolute atomic E-state index is 12.7. The Morgan fingerprint density at radius 2 is 1.81 bits per heavy atom. The van der Waals surface area contributed by atoms with Gasteiger partial charge in [-0.3, -0.25) is 19.8 Å². The largest absolute Gasteiger partial charge is 0.347 e. The molecule has 0 unspecified atom stereocenters. The minimum atomic E-state index is -0.640. The lowest BCUT2D eigenvalue weighted by Crippen LogP contribution is -2.54. The van der Waals surface area contributed by atoms with Gasteiger partial charge in [0.15, 0.2) is 0 Å². The zero-order valence-corrected chi connectivity index (χ0v) is 15.1. The Balaban J connectivity index is 2.03. The van der Waals surface area contributed by atoms with Gasteiger partial charge in [0.1, 0.15) is 5.57 Å². The number of para-hydroxylation sites is 1. The Labute approximate surface area is 152 Å². The molecule has 1 fully saturated rings. The number of carbonyl (C=O) groups excluding carboxylic acids is 3. The van der Waals surface area contributed by atoms with E-state index in [-0.39, 0.29) is 5.57 Å². The zero-order chi connectivity index (χ0) is 18.7. The number of benzene rings is 1. The van der Waals surface area contributed by atoms with E-state index in [4.69, 9.17) is 0 Å². The van der Waals surface area contributed by atoms with Crippen molar-refractivity contribution in [3.63, 3.8) is 0 Å². The number of rotatable bonds is 6. The number of hydrogen-bond acceptors (Lipinski definition) is 3. The van der Waals surface area contributed by atoms with Gasteiger partial charge in [0, 0.05) is 35.8 Å². The Kier molecular flexibility index (Phi) is 5.21. The van der Waals surface area contributed by atoms with Crippen molar-refractivity contribution >= 4 is 34.8 Å². The molecule has 1 aromatic heterocycles. The Morgan fingerprint density at radius 3 is 2.54 bits per heavy atom. The van der Waals surface area contributed by atoms with Gasteiger partial charge in [0.2, 0.25) is 0 Å². The molecular weight excluding hydrogens is 330 g/mol. The highest BCUT2D eigenvalue weighted by Crippen LogP contribution is 2.25. The van der Waals surface area contributed by atoms with Gasteiger partial charge >= 0.3 is 6.03 Å². The Hall–Kier alpha value is -2.89. The third kappa shape index (κ3) is 3.27. The van der Waals surface area contributed by atoms with Gasteiger partial charge in [-0.15, -0.1) is 0 Å². The molecule has 1 saturated heterocycles. The summed E-state index contributed by atoms with van der Waals surface area (Å²) in [5.74, 6) is -1.17. The van der Waals surface area contributed by atoms with Crippen molar-refractivity contribution < 1.29 is 14.4 Å². The summed E-state index contributed by atoms with van der Waals surface area (Å²) in [6, 6.07) is 7.25. The topological polar surface area (TPSA) is 71.4 Å². The van der Waals surface area contributed by atoms with Crippen LogP contribution in [0.1, 0.15) is 38.7 Å². The number of aromatic nitrogens is 1. The first-order valence-electron chi connectivity index (χ1n) is 9.03. The number of hydrogen-bond donors (Lipinski definition) is 1. The highest BCUT2D eigenvalue weighted by atomic mass is 16.2. The highest BCUT2D eigenvalue weighted by Gasteiger charge is 2.35. The van der Waals surface area contributed by atoms with Crippen molar-refractivity contribution in [2.24, 2.45) is 0 Å². The number of nitrogens with one attached hydrogen (secondary N) is 1. The van der Waals surface area contributed by atoms with Crippen LogP contribution in [0.3, 0.4) is 0 Å². The van der Waals surface area contributed by atoms with Crippen molar-refractivity contribution in [1.29, 1.82) is 0 Å². The van der Waals surface area contributed by atoms with Crippen LogP contribution in [-0.2, 0) is 16.1 Å². The second kappa shape index (κ2) is 7.56. The van der Waals surface area contributed by atoms with Gasteiger partial charge in [0.05, 0.1) is 0 Å². The Bertz CT molecular complexity index is 895. The third-order valence-corrected chi connectivity index (χ3v) is 4.50. The number of carbonyl (C=O) groups is 3. The number of amides is 4. The van der Waals surface area contributed by atoms with E-state index < -0.39 is 17.8 Å². The molecular formula is C20H23N3O3. The molecule has 0 radical (unpaired) electrons. The van der Waals surface area contributed by atoms with Gasteiger partial charge in [-0.1, -0.05) is 38.5 Å². The standard InChI is InChI=1S/C20H23N3O3/c1-3-5-11-23-19(25)16(18(24)21-20(23)26)12-14-13-22(10-4-2)17-9-7-6-8-15(14)17/h6-9,12-13H,3-5,10-11H2,1-2H3,(H,21,24,26)/b16-12+. The van der Waals surface area contributed by atoms with E-state index >= 15 is 0 Å². The van der Waals surface area contributed by atoms with Crippen LogP contribution < -0.4 is 5.32 Å². The smallest absolute Gasteiger partial charge is 0.331 e. The first kappa shape index (κ1) is 17.9. The molecule has 1 aromatic carbocycles. The summed E-state index contributed by atoms with van der Waals surface area (Å²) in [7, 11) is 0. The monoisotopic (exact) mass is 353 g/mol. The molecule has 2 heterocycles. The molecule has 0 atom stereocenters. The van der Waals surface area contributed by atoms with E-state index in [0.717, 1.165) is 40.8 Å². The average molecular weight is 353 g/mol. The molecule has 26 heavy (non-hydrogen) atoms. The summed E-state index contributed by atoms with van der Waals surface area (Å²) in [6.45, 7) is 5.24. The summed E-state index contributed by atoms with van der Waals surface area (Å²) in [5.41, 5.74) is 1.86. The molecule has 136 valence electrons. The summed E-state index contributed by atoms with van der Waals surface area (Å²) in [4.78, 5) is 38.0. The van der Waals surface area contributed by atoms with E-state index in [1.54, 1.807) is 6.08 Å². The van der Waals surface area contributed by atoms with Gasteiger partial charge in [-0.25, -0.2) is 4.79 Å². The SMILES string of the molecule is CCCCN1C(=O)NC(=O)/C(=C\c2cn(CCC)c3ccccc23)C1=O. The third-order valence-electron chi connectivity index (χ3n) is 4.50. The number of fused-ring (bicyclic) bond motifs is 1. The fourth-order valence-corrected chi connectivity index (χ4v) is 3.18. The Morgan fingerprint density at radius 1 is 1.04 bits per heavy atom. The lowest BCUT2D eigenvalue weighted by atomic mass is 10.1. The van der Waals surface area contributed by atoms with E-state index in [9.17, 15) is 14.4 Å². The first-order chi connectivity index (χ1) is 12.6. The second-order valence-electron chi connectivity index (χ2n) is 6.42. The predicted octanol–water partition coefficient (Wildman–Crippen LogP) is 3.31. The molecule has 1 aliphatic rings. The van der Waals surface area contributed by atoms with E-state index in [1.165, 1.54) is 0 Å². The molecule has 1 N–H and O–H groups in total. The molecule has 6 nitrogen and oxygen atoms in total. The molecule has 4 amide bonds. The summed E-state index contributed by atoms with van der Waals surface area (Å²) in [5, 5.41) is 3.25. The number of urea groups is 1. The minimum Gasteiger partial charge on any atom is -0.347 e. The molecule has 0 aliphatic carbocycles. The summed E-state index contributed by atoms with van der Waals surface area (Å²) in [6.07, 6.45) is 6.09. The molecule has 0 spiro atoms. The highest BCUT2D eigenvalue weighted by molar-refractivity contribution is 6.31. The van der Waals surface area contributed by atoms with E-state index in [2.05, 4.69) is 16.8 Å². The average Bonchev–Trinajstić information content (AvgIpc) is 2.97. The van der Waals surface area contributed by atoms with Crippen LogP contribution in [0.2, 0.25) is 0 Å². The molecule has 6 heteroatoms. The van der Waals surface area contributed by atoms with Gasteiger partial charge in [0.25, 0.3) is 11.8 Å². The molecule has 0 bridgehead atoms. The molecule has 3 rings (SSSR count). The maximum atomic E-state index is 12.7. The lowest BCUT2D eigenvalue weighted by Gasteiger charge is -2.26. The number of aryl methyl sites for hydroxylation is 1. The fraction of sp³-hybridized carbons (Fsp3) is 0.350. The predicted molar refractivity (Wildman–Crippen MR) is 100 cm³/mol. The number of unbranched alkanes of at least 4 members (excludes halogenated alkanes) is 1. The quantitative estimate of drug-likeness (QED) is 0.640. The van der Waals surface area contributed by atoms with Crippen molar-refractivity contribution in [1.82, 2.24) is 14.8 Å². The second-order valence-corrected chi connectivity index (χ2v) is 6.42. The number of nitrogens with zero attached hydrogens (tertiary/aromatic N) is 2. The van der Waals surface area contributed by atoms with Crippen LogP contribution in [0.15, 0.2) is 36.0 Å². The normalized spacial score (nSPS) is 16.6. The van der Waals surface area contributed by atoms with E-state index in [0.29, 0.717) is 13.0 Å². The summed E-state index contributed by atoms with van der Waals surface area (Å²) >= 11 is 0. The minimum absolute atomic E-state index is 0.0000968. The fourth-order valence-electron chi connectivity index (χ4n) is 3.18. The first-order valence-corrected chi connectivity index (χ1v) is 9.03. The molecule has 2 aromatic rings. The number of imide groups is 2. The van der Waals surface area contributed by atoms with Crippen LogP contribution in [-0.4, -0.2) is 33.9 Å². The summed E-state index contributed by atoms with van der Waals surface area (Å²) < 4.78 is 2.12. The van der Waals surface area contributed by atoms with Crippen molar-refractivity contribution in [2.75, 3.05) is 6.54 Å². The van der Waals surface area contributed by atoms with E-state index in [1.807, 2.05) is 37.4 Å². The van der Waals surface area contributed by atoms with Crippen LogP contribution >= 0.6 is 0 Å². The van der Waals surface area contributed by atoms with Crippen molar-refractivity contribution in [3.8, 4) is 0 Å². The zero-order valence-electron chi connectivity index (χ0n) is 15.1. The molecule has 1 aliphatic heterocycles. The maximum Gasteiger partial charge on any atom is 0.331 e. The van der Waals surface area contributed by atoms with Gasteiger partial charge in [-0.2, -0.15) is 0 Å². The van der Waals surface area contributed by atoms with Crippen LogP contribution in [0.5, 0.6) is 0 Å². The van der Waals surface area contributed by atoms with Crippen molar-refractivity contribution in [3.05, 3.63) is 41.6 Å². The lowest BCUT2D eigenvalue weighted by molar-refractivity contribution is -0.130. The van der Waals surface area contributed by atoms with Gasteiger partial charge < -0.3 is 4.57 Å². The van der Waals surface area contributed by atoms with Crippen LogP contribution in [0, 0.1) is 0 Å². The molecule has 0 saturated carbocycles. The van der Waals surface area contributed by atoms with Gasteiger partial charge in [-0.05, 0) is 25.0 Å². The van der Waals surface area contributed by atoms with Crippen LogP contribution in [0.4, 0.5) is 4.79 Å². The van der Waals surface area contributed by atoms with Crippen molar-refractivity contribution in [2.45, 2.75) is 39.7 Å².